The summed E-state index contributed by atoms with van der Waals surface area (Å²) in [5.41, 5.74) is 1.63. The van der Waals surface area contributed by atoms with E-state index in [0.717, 1.165) is 22.9 Å². The maximum absolute atomic E-state index is 12.8. The van der Waals surface area contributed by atoms with E-state index < -0.39 is 0 Å². The van der Waals surface area contributed by atoms with Crippen molar-refractivity contribution in [1.82, 2.24) is 9.88 Å². The third-order valence-electron chi connectivity index (χ3n) is 3.89. The van der Waals surface area contributed by atoms with Gasteiger partial charge in [-0.2, -0.15) is 0 Å². The Morgan fingerprint density at radius 3 is 3.24 bits per heavy atom. The van der Waals surface area contributed by atoms with Crippen LogP contribution in [0.3, 0.4) is 0 Å². The van der Waals surface area contributed by atoms with E-state index in [4.69, 9.17) is 9.47 Å². The Morgan fingerprint density at radius 2 is 2.38 bits per heavy atom. The summed E-state index contributed by atoms with van der Waals surface area (Å²) in [6.45, 7) is 2.50. The molecule has 1 fully saturated rings. The molecule has 1 aromatic carbocycles. The number of methoxy groups -OCH3 is 1. The number of ether oxygens (including phenoxy) is 2. The first-order chi connectivity index (χ1) is 10.3. The van der Waals surface area contributed by atoms with Crippen LogP contribution >= 0.6 is 0 Å². The second-order valence-corrected chi connectivity index (χ2v) is 5.27. The summed E-state index contributed by atoms with van der Waals surface area (Å²) in [7, 11) is 1.68. The van der Waals surface area contributed by atoms with E-state index in [1.54, 1.807) is 7.11 Å². The molecule has 3 rings (SSSR count). The van der Waals surface area contributed by atoms with Crippen molar-refractivity contribution >= 4 is 16.8 Å². The van der Waals surface area contributed by atoms with Crippen molar-refractivity contribution in [3.63, 3.8) is 0 Å². The number of carbonyl (C=O) groups excluding carboxylic acids is 1. The largest absolute Gasteiger partial charge is 0.385 e. The molecule has 1 N–H and O–H groups in total. The third kappa shape index (κ3) is 2.94. The highest BCUT2D eigenvalue weighted by Crippen LogP contribution is 2.20. The molecule has 1 saturated heterocycles. The number of carbonyl (C=O) groups is 1. The minimum absolute atomic E-state index is 0.0606. The highest BCUT2D eigenvalue weighted by Gasteiger charge is 2.25. The Kier molecular flexibility index (Phi) is 4.22. The van der Waals surface area contributed by atoms with Crippen LogP contribution in [0.2, 0.25) is 0 Å². The molecule has 2 heterocycles. The maximum Gasteiger partial charge on any atom is 0.256 e. The molecule has 1 aromatic heterocycles. The fraction of sp³-hybridized carbons (Fsp3) is 0.438. The lowest BCUT2D eigenvalue weighted by atomic mass is 10.1. The monoisotopic (exact) mass is 288 g/mol. The van der Waals surface area contributed by atoms with Gasteiger partial charge in [-0.05, 0) is 18.6 Å². The molecule has 5 nitrogen and oxygen atoms in total. The molecular formula is C16H20N2O3. The molecule has 1 aliphatic rings. The number of nitrogens with one attached hydrogen (secondary N) is 1. The number of hydrogen-bond acceptors (Lipinski definition) is 3. The molecular weight excluding hydrogens is 268 g/mol. The second kappa shape index (κ2) is 6.28. The lowest BCUT2D eigenvalue weighted by molar-refractivity contribution is -0.0332. The molecule has 1 amide bonds. The number of aromatic nitrogens is 1. The average Bonchev–Trinajstić information content (AvgIpc) is 3.01. The molecule has 0 bridgehead atoms. The Hall–Kier alpha value is -1.85. The summed E-state index contributed by atoms with van der Waals surface area (Å²) < 4.78 is 10.8. The Labute approximate surface area is 123 Å². The van der Waals surface area contributed by atoms with Crippen molar-refractivity contribution in [2.24, 2.45) is 0 Å². The van der Waals surface area contributed by atoms with E-state index in [0.29, 0.717) is 26.3 Å². The number of nitrogens with zero attached hydrogens (tertiary/aromatic N) is 1. The van der Waals surface area contributed by atoms with E-state index in [-0.39, 0.29) is 12.0 Å². The summed E-state index contributed by atoms with van der Waals surface area (Å²) in [6.07, 6.45) is 2.74. The summed E-state index contributed by atoms with van der Waals surface area (Å²) in [4.78, 5) is 17.8. The van der Waals surface area contributed by atoms with Crippen molar-refractivity contribution in [1.29, 1.82) is 0 Å². The topological polar surface area (TPSA) is 54.6 Å². The zero-order valence-corrected chi connectivity index (χ0v) is 12.2. The van der Waals surface area contributed by atoms with E-state index in [1.165, 1.54) is 0 Å². The van der Waals surface area contributed by atoms with Gasteiger partial charge in [0.15, 0.2) is 0 Å². The van der Waals surface area contributed by atoms with Crippen molar-refractivity contribution in [3.8, 4) is 0 Å². The van der Waals surface area contributed by atoms with Crippen molar-refractivity contribution in [2.75, 3.05) is 33.4 Å². The molecule has 0 unspecified atom stereocenters. The first-order valence-electron chi connectivity index (χ1n) is 7.25. The number of amides is 1. The summed E-state index contributed by atoms with van der Waals surface area (Å²) in [5, 5.41) is 1.06. The zero-order chi connectivity index (χ0) is 14.7. The standard InChI is InChI=1S/C16H20N2O3/c1-20-9-6-13-11-18(8-10-21-13)16(19)14-4-2-3-12-5-7-17-15(12)14/h2-5,7,13,17H,6,8-11H2,1H3/t13-/m1/s1. The quantitative estimate of drug-likeness (QED) is 0.936. The molecule has 21 heavy (non-hydrogen) atoms. The van der Waals surface area contributed by atoms with Gasteiger partial charge in [0.05, 0.1) is 23.8 Å². The number of para-hydroxylation sites is 1. The van der Waals surface area contributed by atoms with Gasteiger partial charge in [0.1, 0.15) is 0 Å². The number of morpholine rings is 1. The molecule has 0 radical (unpaired) electrons. The van der Waals surface area contributed by atoms with Crippen LogP contribution in [0.5, 0.6) is 0 Å². The normalized spacial score (nSPS) is 19.1. The average molecular weight is 288 g/mol. The number of aromatic amines is 1. The highest BCUT2D eigenvalue weighted by molar-refractivity contribution is 6.05. The summed E-state index contributed by atoms with van der Waals surface area (Å²) in [6, 6.07) is 7.78. The Bertz CT molecular complexity index is 623. The van der Waals surface area contributed by atoms with Gasteiger partial charge in [0.2, 0.25) is 0 Å². The van der Waals surface area contributed by atoms with Crippen LogP contribution in [0.4, 0.5) is 0 Å². The Balaban J connectivity index is 1.76. The van der Waals surface area contributed by atoms with Crippen LogP contribution in [0.25, 0.3) is 10.9 Å². The molecule has 1 atom stereocenters. The van der Waals surface area contributed by atoms with Crippen LogP contribution < -0.4 is 0 Å². The molecule has 5 heteroatoms. The van der Waals surface area contributed by atoms with Crippen LogP contribution in [0.1, 0.15) is 16.8 Å². The zero-order valence-electron chi connectivity index (χ0n) is 12.2. The maximum atomic E-state index is 12.8. The fourth-order valence-electron chi connectivity index (χ4n) is 2.76. The number of H-pyrrole nitrogens is 1. The molecule has 0 saturated carbocycles. The predicted octanol–water partition coefficient (Wildman–Crippen LogP) is 2.05. The van der Waals surface area contributed by atoms with Gasteiger partial charge < -0.3 is 19.4 Å². The fourth-order valence-corrected chi connectivity index (χ4v) is 2.76. The number of hydrogen-bond donors (Lipinski definition) is 1. The summed E-state index contributed by atoms with van der Waals surface area (Å²) >= 11 is 0. The van der Waals surface area contributed by atoms with Gasteiger partial charge in [-0.3, -0.25) is 4.79 Å². The van der Waals surface area contributed by atoms with Gasteiger partial charge >= 0.3 is 0 Å². The molecule has 0 spiro atoms. The van der Waals surface area contributed by atoms with Crippen LogP contribution in [-0.4, -0.2) is 55.3 Å². The predicted molar refractivity (Wildman–Crippen MR) is 80.4 cm³/mol. The van der Waals surface area contributed by atoms with Crippen LogP contribution in [0.15, 0.2) is 30.5 Å². The first-order valence-corrected chi connectivity index (χ1v) is 7.25. The SMILES string of the molecule is COCC[C@@H]1CN(C(=O)c2cccc3cc[nH]c23)CCO1. The van der Waals surface area contributed by atoms with Gasteiger partial charge in [-0.1, -0.05) is 12.1 Å². The van der Waals surface area contributed by atoms with Crippen molar-refractivity contribution in [2.45, 2.75) is 12.5 Å². The molecule has 1 aliphatic heterocycles. The lowest BCUT2D eigenvalue weighted by Crippen LogP contribution is -2.46. The van der Waals surface area contributed by atoms with Gasteiger partial charge in [0, 0.05) is 38.4 Å². The van der Waals surface area contributed by atoms with Crippen LogP contribution in [0, 0.1) is 0 Å². The van der Waals surface area contributed by atoms with E-state index >= 15 is 0 Å². The third-order valence-corrected chi connectivity index (χ3v) is 3.89. The number of fused-ring (bicyclic) bond motifs is 1. The van der Waals surface area contributed by atoms with Gasteiger partial charge in [0.25, 0.3) is 5.91 Å². The number of rotatable bonds is 4. The van der Waals surface area contributed by atoms with E-state index in [1.807, 2.05) is 35.4 Å². The Morgan fingerprint density at radius 1 is 1.48 bits per heavy atom. The number of benzene rings is 1. The van der Waals surface area contributed by atoms with Gasteiger partial charge in [-0.25, -0.2) is 0 Å². The first kappa shape index (κ1) is 14.1. The van der Waals surface area contributed by atoms with Crippen LogP contribution in [-0.2, 0) is 9.47 Å². The molecule has 0 aliphatic carbocycles. The molecule has 2 aromatic rings. The minimum atomic E-state index is 0.0606. The second-order valence-electron chi connectivity index (χ2n) is 5.27. The summed E-state index contributed by atoms with van der Waals surface area (Å²) in [5.74, 6) is 0.0637. The minimum Gasteiger partial charge on any atom is -0.385 e. The van der Waals surface area contributed by atoms with Crippen molar-refractivity contribution < 1.29 is 14.3 Å². The van der Waals surface area contributed by atoms with Gasteiger partial charge in [-0.15, -0.1) is 0 Å². The van der Waals surface area contributed by atoms with Crippen molar-refractivity contribution in [3.05, 3.63) is 36.0 Å². The van der Waals surface area contributed by atoms with E-state index in [9.17, 15) is 4.79 Å². The highest BCUT2D eigenvalue weighted by atomic mass is 16.5. The lowest BCUT2D eigenvalue weighted by Gasteiger charge is -2.33. The smallest absolute Gasteiger partial charge is 0.256 e. The molecule has 112 valence electrons. The van der Waals surface area contributed by atoms with E-state index in [2.05, 4.69) is 4.98 Å².